The maximum Gasteiger partial charge on any atom is 0.338 e. The molecule has 0 aliphatic rings. The zero-order valence-electron chi connectivity index (χ0n) is 12.2. The van der Waals surface area contributed by atoms with Gasteiger partial charge in [-0.3, -0.25) is 0 Å². The third kappa shape index (κ3) is 5.31. The van der Waals surface area contributed by atoms with Crippen LogP contribution in [0.1, 0.15) is 43.5 Å². The molecule has 0 aliphatic carbocycles. The van der Waals surface area contributed by atoms with Crippen LogP contribution >= 0.6 is 0 Å². The van der Waals surface area contributed by atoms with Crippen LogP contribution in [0.15, 0.2) is 30.3 Å². The molecule has 1 aromatic rings. The Kier molecular flexibility index (Phi) is 7.26. The number of ether oxygens (including phenoxy) is 1. The fourth-order valence-electron chi connectivity index (χ4n) is 2.01. The Hall–Kier alpha value is -1.39. The first kappa shape index (κ1) is 16.7. The minimum atomic E-state index is -0.667. The molecule has 20 heavy (non-hydrogen) atoms. The van der Waals surface area contributed by atoms with Crippen LogP contribution in [-0.4, -0.2) is 35.0 Å². The molecule has 0 radical (unpaired) electrons. The lowest BCUT2D eigenvalue weighted by atomic mass is 9.93. The summed E-state index contributed by atoms with van der Waals surface area (Å²) in [7, 11) is 0. The van der Waals surface area contributed by atoms with Crippen LogP contribution in [0.4, 0.5) is 0 Å². The third-order valence-corrected chi connectivity index (χ3v) is 3.45. The van der Waals surface area contributed by atoms with Gasteiger partial charge in [-0.05, 0) is 18.6 Å². The molecule has 0 spiro atoms. The lowest BCUT2D eigenvalue weighted by Crippen LogP contribution is -2.30. The standard InChI is InChI=1S/C16H24O4/c1-3-7-14(17)12(2)15(18)10-11-20-16(19)13-8-5-4-6-9-13/h4-6,8-9,12,14-15,17-18H,3,7,10-11H2,1-2H3. The SMILES string of the molecule is CCCC(O)C(C)C(O)CCOC(=O)c1ccccc1. The summed E-state index contributed by atoms with van der Waals surface area (Å²) >= 11 is 0. The van der Waals surface area contributed by atoms with Gasteiger partial charge in [0.1, 0.15) is 0 Å². The van der Waals surface area contributed by atoms with Crippen molar-refractivity contribution in [3.8, 4) is 0 Å². The lowest BCUT2D eigenvalue weighted by molar-refractivity contribution is 0.0000254. The monoisotopic (exact) mass is 280 g/mol. The van der Waals surface area contributed by atoms with E-state index in [0.717, 1.165) is 6.42 Å². The van der Waals surface area contributed by atoms with E-state index in [9.17, 15) is 15.0 Å². The summed E-state index contributed by atoms with van der Waals surface area (Å²) in [6.45, 7) is 3.95. The Bertz CT molecular complexity index is 391. The topological polar surface area (TPSA) is 66.8 Å². The Balaban J connectivity index is 2.31. The zero-order chi connectivity index (χ0) is 15.0. The molecular formula is C16H24O4. The van der Waals surface area contributed by atoms with Crippen molar-refractivity contribution in [1.29, 1.82) is 0 Å². The average molecular weight is 280 g/mol. The van der Waals surface area contributed by atoms with Gasteiger partial charge in [-0.2, -0.15) is 0 Å². The van der Waals surface area contributed by atoms with E-state index in [-0.39, 0.29) is 18.5 Å². The molecule has 4 heteroatoms. The predicted octanol–water partition coefficient (Wildman–Crippen LogP) is 2.39. The van der Waals surface area contributed by atoms with Gasteiger partial charge < -0.3 is 14.9 Å². The van der Waals surface area contributed by atoms with Crippen molar-refractivity contribution in [3.05, 3.63) is 35.9 Å². The Morgan fingerprint density at radius 2 is 1.75 bits per heavy atom. The van der Waals surface area contributed by atoms with Gasteiger partial charge in [-0.15, -0.1) is 0 Å². The second kappa shape index (κ2) is 8.72. The molecule has 0 aliphatic heterocycles. The summed E-state index contributed by atoms with van der Waals surface area (Å²) < 4.78 is 5.11. The normalized spacial score (nSPS) is 15.4. The van der Waals surface area contributed by atoms with Gasteiger partial charge in [-0.1, -0.05) is 38.5 Å². The van der Waals surface area contributed by atoms with Crippen LogP contribution in [0.3, 0.4) is 0 Å². The van der Waals surface area contributed by atoms with E-state index in [2.05, 4.69) is 0 Å². The van der Waals surface area contributed by atoms with Crippen molar-refractivity contribution in [2.75, 3.05) is 6.61 Å². The number of hydrogen-bond donors (Lipinski definition) is 2. The molecule has 3 unspecified atom stereocenters. The number of hydrogen-bond acceptors (Lipinski definition) is 4. The maximum atomic E-state index is 11.7. The zero-order valence-corrected chi connectivity index (χ0v) is 12.2. The molecule has 4 nitrogen and oxygen atoms in total. The van der Waals surface area contributed by atoms with E-state index < -0.39 is 12.2 Å². The van der Waals surface area contributed by atoms with Gasteiger partial charge in [0, 0.05) is 12.3 Å². The van der Waals surface area contributed by atoms with Gasteiger partial charge in [0.15, 0.2) is 0 Å². The Morgan fingerprint density at radius 1 is 1.15 bits per heavy atom. The van der Waals surface area contributed by atoms with Crippen molar-refractivity contribution >= 4 is 5.97 Å². The number of rotatable bonds is 8. The maximum absolute atomic E-state index is 11.7. The van der Waals surface area contributed by atoms with Crippen LogP contribution < -0.4 is 0 Å². The Morgan fingerprint density at radius 3 is 2.35 bits per heavy atom. The highest BCUT2D eigenvalue weighted by atomic mass is 16.5. The number of benzene rings is 1. The van der Waals surface area contributed by atoms with Crippen LogP contribution in [0.5, 0.6) is 0 Å². The highest BCUT2D eigenvalue weighted by Gasteiger charge is 2.22. The van der Waals surface area contributed by atoms with E-state index in [0.29, 0.717) is 18.4 Å². The lowest BCUT2D eigenvalue weighted by Gasteiger charge is -2.23. The molecule has 0 bridgehead atoms. The van der Waals surface area contributed by atoms with Gasteiger partial charge >= 0.3 is 5.97 Å². The van der Waals surface area contributed by atoms with Crippen molar-refractivity contribution in [3.63, 3.8) is 0 Å². The molecular weight excluding hydrogens is 256 g/mol. The first-order valence-corrected chi connectivity index (χ1v) is 7.14. The first-order chi connectivity index (χ1) is 9.56. The summed E-state index contributed by atoms with van der Waals surface area (Å²) in [5.74, 6) is -0.607. The fourth-order valence-corrected chi connectivity index (χ4v) is 2.01. The molecule has 0 saturated carbocycles. The predicted molar refractivity (Wildman–Crippen MR) is 77.4 cm³/mol. The van der Waals surface area contributed by atoms with Crippen LogP contribution in [0.25, 0.3) is 0 Å². The summed E-state index contributed by atoms with van der Waals surface area (Å²) in [5, 5.41) is 19.8. The fraction of sp³-hybridized carbons (Fsp3) is 0.562. The second-order valence-corrected chi connectivity index (χ2v) is 5.07. The molecule has 0 fully saturated rings. The molecule has 0 saturated heterocycles. The Labute approximate surface area is 120 Å². The quantitative estimate of drug-likeness (QED) is 0.718. The largest absolute Gasteiger partial charge is 0.462 e. The minimum Gasteiger partial charge on any atom is -0.462 e. The highest BCUT2D eigenvalue weighted by Crippen LogP contribution is 2.16. The number of aliphatic hydroxyl groups is 2. The van der Waals surface area contributed by atoms with E-state index in [1.54, 1.807) is 24.3 Å². The van der Waals surface area contributed by atoms with Crippen molar-refractivity contribution < 1.29 is 19.7 Å². The molecule has 1 rings (SSSR count). The average Bonchev–Trinajstić information content (AvgIpc) is 2.47. The number of esters is 1. The molecule has 1 aromatic carbocycles. The second-order valence-electron chi connectivity index (χ2n) is 5.07. The van der Waals surface area contributed by atoms with Crippen LogP contribution in [-0.2, 0) is 4.74 Å². The number of carbonyl (C=O) groups excluding carboxylic acids is 1. The summed E-state index contributed by atoms with van der Waals surface area (Å²) in [6.07, 6.45) is 0.698. The third-order valence-electron chi connectivity index (χ3n) is 3.45. The molecule has 0 heterocycles. The van der Waals surface area contributed by atoms with Crippen molar-refractivity contribution in [1.82, 2.24) is 0 Å². The van der Waals surface area contributed by atoms with Gasteiger partial charge in [0.2, 0.25) is 0 Å². The molecule has 112 valence electrons. The molecule has 0 amide bonds. The summed E-state index contributed by atoms with van der Waals surface area (Å²) in [5.41, 5.74) is 0.501. The van der Waals surface area contributed by atoms with E-state index in [4.69, 9.17) is 4.74 Å². The van der Waals surface area contributed by atoms with Crippen molar-refractivity contribution in [2.45, 2.75) is 45.3 Å². The van der Waals surface area contributed by atoms with E-state index in [1.165, 1.54) is 0 Å². The minimum absolute atomic E-state index is 0.151. The summed E-state index contributed by atoms with van der Waals surface area (Å²) in [4.78, 5) is 11.7. The van der Waals surface area contributed by atoms with Gasteiger partial charge in [0.25, 0.3) is 0 Å². The summed E-state index contributed by atoms with van der Waals surface area (Å²) in [6, 6.07) is 8.75. The number of aliphatic hydroxyl groups excluding tert-OH is 2. The van der Waals surface area contributed by atoms with Crippen LogP contribution in [0.2, 0.25) is 0 Å². The molecule has 3 atom stereocenters. The van der Waals surface area contributed by atoms with Gasteiger partial charge in [-0.25, -0.2) is 4.79 Å². The first-order valence-electron chi connectivity index (χ1n) is 7.14. The number of carbonyl (C=O) groups is 1. The van der Waals surface area contributed by atoms with E-state index in [1.807, 2.05) is 19.9 Å². The van der Waals surface area contributed by atoms with Crippen LogP contribution in [0, 0.1) is 5.92 Å². The highest BCUT2D eigenvalue weighted by molar-refractivity contribution is 5.89. The molecule has 2 N–H and O–H groups in total. The van der Waals surface area contributed by atoms with Crippen molar-refractivity contribution in [2.24, 2.45) is 5.92 Å². The molecule has 0 aromatic heterocycles. The smallest absolute Gasteiger partial charge is 0.338 e. The van der Waals surface area contributed by atoms with E-state index >= 15 is 0 Å². The van der Waals surface area contributed by atoms with Gasteiger partial charge in [0.05, 0.1) is 24.4 Å².